The molecule has 1 heterocycles. The number of nitrogens with one attached hydrogen (secondary N) is 1. The Morgan fingerprint density at radius 1 is 1.58 bits per heavy atom. The van der Waals surface area contributed by atoms with Crippen LogP contribution in [0.4, 0.5) is 0 Å². The van der Waals surface area contributed by atoms with Crippen molar-refractivity contribution in [1.29, 1.82) is 0 Å². The van der Waals surface area contributed by atoms with Crippen LogP contribution in [0.25, 0.3) is 6.08 Å². The molecule has 1 saturated heterocycles. The molecular formula is C15H22N2O2. The number of carboxylic acids is 1. The average molecular weight is 262 g/mol. The summed E-state index contributed by atoms with van der Waals surface area (Å²) < 4.78 is 0. The first-order valence-corrected chi connectivity index (χ1v) is 6.35. The molecule has 0 unspecified atom stereocenters. The lowest BCUT2D eigenvalue weighted by Crippen LogP contribution is -2.27. The van der Waals surface area contributed by atoms with E-state index in [1.54, 1.807) is 6.08 Å². The van der Waals surface area contributed by atoms with Crippen molar-refractivity contribution in [2.45, 2.75) is 12.8 Å². The molecule has 5 N–H and O–H groups in total. The summed E-state index contributed by atoms with van der Waals surface area (Å²) in [5, 5.41) is 12.6. The van der Waals surface area contributed by atoms with Gasteiger partial charge < -0.3 is 16.6 Å². The van der Waals surface area contributed by atoms with E-state index in [9.17, 15) is 9.90 Å². The lowest BCUT2D eigenvalue weighted by atomic mass is 9.86. The van der Waals surface area contributed by atoms with Crippen molar-refractivity contribution in [2.75, 3.05) is 13.1 Å². The molecule has 1 aromatic carbocycles. The number of benzene rings is 1. The second-order valence-electron chi connectivity index (χ2n) is 4.85. The van der Waals surface area contributed by atoms with E-state index < -0.39 is 5.97 Å². The molecule has 4 nitrogen and oxygen atoms in total. The molecule has 1 aliphatic heterocycles. The molecule has 0 saturated carbocycles. The van der Waals surface area contributed by atoms with Crippen LogP contribution in [0, 0.1) is 11.8 Å². The van der Waals surface area contributed by atoms with E-state index >= 15 is 0 Å². The molecule has 0 aromatic heterocycles. The molecule has 2 atom stereocenters. The van der Waals surface area contributed by atoms with Crippen molar-refractivity contribution in [3.8, 4) is 0 Å². The minimum Gasteiger partial charge on any atom is -0.481 e. The zero-order valence-electron chi connectivity index (χ0n) is 11.1. The van der Waals surface area contributed by atoms with Crippen LogP contribution in [0.1, 0.15) is 17.5 Å². The van der Waals surface area contributed by atoms with Gasteiger partial charge in [-0.3, -0.25) is 4.79 Å². The van der Waals surface area contributed by atoms with Gasteiger partial charge in [0.25, 0.3) is 0 Å². The van der Waals surface area contributed by atoms with Gasteiger partial charge in [0.2, 0.25) is 0 Å². The molecule has 1 fully saturated rings. The summed E-state index contributed by atoms with van der Waals surface area (Å²) in [6.45, 7) is 5.49. The monoisotopic (exact) mass is 262 g/mol. The Morgan fingerprint density at radius 3 is 2.95 bits per heavy atom. The van der Waals surface area contributed by atoms with Gasteiger partial charge in [0.15, 0.2) is 0 Å². The van der Waals surface area contributed by atoms with E-state index in [2.05, 4.69) is 11.9 Å². The largest absolute Gasteiger partial charge is 0.481 e. The predicted octanol–water partition coefficient (Wildman–Crippen LogP) is 2.34. The van der Waals surface area contributed by atoms with Crippen molar-refractivity contribution in [1.82, 2.24) is 11.5 Å². The molecule has 4 heteroatoms. The van der Waals surface area contributed by atoms with E-state index in [4.69, 9.17) is 0 Å². The third-order valence-electron chi connectivity index (χ3n) is 3.63. The number of hydrogen-bond acceptors (Lipinski definition) is 3. The Labute approximate surface area is 114 Å². The zero-order chi connectivity index (χ0) is 13.0. The summed E-state index contributed by atoms with van der Waals surface area (Å²) in [6, 6.07) is 7.94. The van der Waals surface area contributed by atoms with E-state index in [1.807, 2.05) is 24.3 Å². The van der Waals surface area contributed by atoms with Crippen molar-refractivity contribution in [2.24, 2.45) is 11.8 Å². The standard InChI is InChI=1S/C15H19NO2.H3N/c1-2-11-4-3-5-12(8-11)9-14(15(17)18)13-6-7-16-10-13;/h2-5,8,13-14,16H,1,6-7,9-10H2,(H,17,18);1H3/t13-,14-;/m0./s1. The fourth-order valence-corrected chi connectivity index (χ4v) is 2.58. The summed E-state index contributed by atoms with van der Waals surface area (Å²) in [7, 11) is 0. The van der Waals surface area contributed by atoms with Gasteiger partial charge in [0.05, 0.1) is 5.92 Å². The van der Waals surface area contributed by atoms with Crippen molar-refractivity contribution in [3.05, 3.63) is 42.0 Å². The molecule has 19 heavy (non-hydrogen) atoms. The third kappa shape index (κ3) is 3.91. The maximum atomic E-state index is 11.4. The second kappa shape index (κ2) is 7.07. The van der Waals surface area contributed by atoms with Gasteiger partial charge in [-0.1, -0.05) is 36.9 Å². The van der Waals surface area contributed by atoms with Crippen molar-refractivity contribution < 1.29 is 9.90 Å². The van der Waals surface area contributed by atoms with Gasteiger partial charge in [-0.05, 0) is 43.0 Å². The van der Waals surface area contributed by atoms with Gasteiger partial charge in [-0.25, -0.2) is 0 Å². The van der Waals surface area contributed by atoms with Crippen LogP contribution in [0.15, 0.2) is 30.8 Å². The Balaban J connectivity index is 0.00000180. The topological polar surface area (TPSA) is 84.3 Å². The molecule has 104 valence electrons. The highest BCUT2D eigenvalue weighted by molar-refractivity contribution is 5.71. The molecule has 0 spiro atoms. The van der Waals surface area contributed by atoms with E-state index in [1.165, 1.54) is 0 Å². The number of carbonyl (C=O) groups is 1. The number of hydrogen-bond donors (Lipinski definition) is 3. The highest BCUT2D eigenvalue weighted by Crippen LogP contribution is 2.24. The minimum atomic E-state index is -0.687. The Morgan fingerprint density at radius 2 is 2.37 bits per heavy atom. The van der Waals surface area contributed by atoms with Crippen LogP contribution in [-0.4, -0.2) is 24.2 Å². The quantitative estimate of drug-likeness (QED) is 0.760. The Kier molecular flexibility index (Phi) is 5.73. The van der Waals surface area contributed by atoms with Gasteiger partial charge in [-0.2, -0.15) is 0 Å². The maximum absolute atomic E-state index is 11.4. The zero-order valence-corrected chi connectivity index (χ0v) is 11.1. The summed E-state index contributed by atoms with van der Waals surface area (Å²) in [4.78, 5) is 11.4. The fourth-order valence-electron chi connectivity index (χ4n) is 2.58. The third-order valence-corrected chi connectivity index (χ3v) is 3.63. The van der Waals surface area contributed by atoms with Gasteiger partial charge in [0, 0.05) is 0 Å². The molecule has 1 aromatic rings. The summed E-state index contributed by atoms with van der Waals surface area (Å²) in [5.41, 5.74) is 2.12. The average Bonchev–Trinajstić information content (AvgIpc) is 2.89. The first-order valence-electron chi connectivity index (χ1n) is 6.35. The van der Waals surface area contributed by atoms with Gasteiger partial charge >= 0.3 is 5.97 Å². The van der Waals surface area contributed by atoms with Gasteiger partial charge in [-0.15, -0.1) is 0 Å². The van der Waals surface area contributed by atoms with Gasteiger partial charge in [0.1, 0.15) is 0 Å². The van der Waals surface area contributed by atoms with Crippen LogP contribution in [0.5, 0.6) is 0 Å². The molecule has 0 radical (unpaired) electrons. The first-order chi connectivity index (χ1) is 8.70. The molecule has 0 bridgehead atoms. The number of rotatable bonds is 5. The number of aliphatic carboxylic acids is 1. The fraction of sp³-hybridized carbons (Fsp3) is 0.400. The van der Waals surface area contributed by atoms with Crippen LogP contribution in [0.2, 0.25) is 0 Å². The first kappa shape index (κ1) is 15.4. The minimum absolute atomic E-state index is 0. The van der Waals surface area contributed by atoms with Crippen molar-refractivity contribution in [3.63, 3.8) is 0 Å². The molecule has 0 aliphatic carbocycles. The maximum Gasteiger partial charge on any atom is 0.307 e. The summed E-state index contributed by atoms with van der Waals surface area (Å²) in [5.74, 6) is -0.734. The highest BCUT2D eigenvalue weighted by atomic mass is 16.4. The molecule has 0 amide bonds. The molecule has 2 rings (SSSR count). The lowest BCUT2D eigenvalue weighted by molar-refractivity contribution is -0.143. The Hall–Kier alpha value is -1.65. The number of carboxylic acid groups (broad SMARTS) is 1. The predicted molar refractivity (Wildman–Crippen MR) is 77.4 cm³/mol. The van der Waals surface area contributed by atoms with Crippen molar-refractivity contribution >= 4 is 12.0 Å². The van der Waals surface area contributed by atoms with Crippen LogP contribution in [-0.2, 0) is 11.2 Å². The molecular weight excluding hydrogens is 240 g/mol. The van der Waals surface area contributed by atoms with Crippen LogP contribution in [0.3, 0.4) is 0 Å². The summed E-state index contributed by atoms with van der Waals surface area (Å²) in [6.07, 6.45) is 3.35. The SMILES string of the molecule is C=Cc1cccc(C[C@H](C(=O)O)[C@H]2CCNC2)c1.N. The smallest absolute Gasteiger partial charge is 0.307 e. The molecule has 1 aliphatic rings. The van der Waals surface area contributed by atoms with E-state index in [-0.39, 0.29) is 18.0 Å². The highest BCUT2D eigenvalue weighted by Gasteiger charge is 2.30. The Bertz CT molecular complexity index is 440. The van der Waals surface area contributed by atoms with E-state index in [0.717, 1.165) is 30.6 Å². The van der Waals surface area contributed by atoms with E-state index in [0.29, 0.717) is 6.42 Å². The summed E-state index contributed by atoms with van der Waals surface area (Å²) >= 11 is 0. The second-order valence-corrected chi connectivity index (χ2v) is 4.85. The lowest BCUT2D eigenvalue weighted by Gasteiger charge is -2.18. The van der Waals surface area contributed by atoms with Crippen LogP contribution < -0.4 is 11.5 Å². The van der Waals surface area contributed by atoms with Crippen LogP contribution >= 0.6 is 0 Å². The normalized spacial score (nSPS) is 19.5.